The van der Waals surface area contributed by atoms with Gasteiger partial charge in [0.2, 0.25) is 0 Å². The van der Waals surface area contributed by atoms with Crippen molar-refractivity contribution in [1.29, 1.82) is 0 Å². The molecule has 1 aromatic carbocycles. The number of hydrogen-bond donors (Lipinski definition) is 1. The maximum atomic E-state index is 12.5. The summed E-state index contributed by atoms with van der Waals surface area (Å²) in [4.78, 5) is 0. The number of rotatable bonds is 1. The molecule has 96 valence electrons. The van der Waals surface area contributed by atoms with Crippen LogP contribution in [0.4, 0.5) is 18.9 Å². The van der Waals surface area contributed by atoms with Crippen molar-refractivity contribution in [2.45, 2.75) is 20.0 Å². The molecule has 2 aromatic rings. The normalized spacial score (nSPS) is 11.8. The van der Waals surface area contributed by atoms with Gasteiger partial charge in [-0.25, -0.2) is 0 Å². The lowest BCUT2D eigenvalue weighted by molar-refractivity contribution is -0.137. The van der Waals surface area contributed by atoms with Gasteiger partial charge < -0.3 is 10.2 Å². The molecule has 0 radical (unpaired) electrons. The highest BCUT2D eigenvalue weighted by molar-refractivity contribution is 5.74. The number of furan rings is 1. The molecule has 2 rings (SSSR count). The first kappa shape index (κ1) is 12.5. The highest BCUT2D eigenvalue weighted by atomic mass is 19.4. The monoisotopic (exact) mass is 255 g/mol. The van der Waals surface area contributed by atoms with E-state index in [4.69, 9.17) is 10.2 Å². The number of aryl methyl sites for hydroxylation is 2. The van der Waals surface area contributed by atoms with Crippen molar-refractivity contribution >= 4 is 5.69 Å². The Labute approximate surface area is 102 Å². The van der Waals surface area contributed by atoms with Crippen molar-refractivity contribution < 1.29 is 17.6 Å². The molecule has 0 bridgehead atoms. The summed E-state index contributed by atoms with van der Waals surface area (Å²) in [6, 6.07) is 5.01. The van der Waals surface area contributed by atoms with Crippen molar-refractivity contribution in [1.82, 2.24) is 0 Å². The van der Waals surface area contributed by atoms with Gasteiger partial charge >= 0.3 is 6.18 Å². The quantitative estimate of drug-likeness (QED) is 0.777. The van der Waals surface area contributed by atoms with Crippen molar-refractivity contribution in [2.75, 3.05) is 5.73 Å². The number of hydrogen-bond acceptors (Lipinski definition) is 2. The summed E-state index contributed by atoms with van der Waals surface area (Å²) in [7, 11) is 0. The van der Waals surface area contributed by atoms with Crippen LogP contribution in [0.25, 0.3) is 11.3 Å². The fraction of sp³-hybridized carbons (Fsp3) is 0.231. The van der Waals surface area contributed by atoms with E-state index in [0.717, 1.165) is 23.5 Å². The molecule has 0 spiro atoms. The second-order valence-electron chi connectivity index (χ2n) is 4.15. The van der Waals surface area contributed by atoms with E-state index >= 15 is 0 Å². The van der Waals surface area contributed by atoms with E-state index in [0.29, 0.717) is 11.3 Å². The Morgan fingerprint density at radius 2 is 1.78 bits per heavy atom. The number of anilines is 1. The van der Waals surface area contributed by atoms with E-state index in [1.54, 1.807) is 13.0 Å². The molecule has 0 unspecified atom stereocenters. The first-order valence-electron chi connectivity index (χ1n) is 5.33. The van der Waals surface area contributed by atoms with Crippen LogP contribution in [0.3, 0.4) is 0 Å². The van der Waals surface area contributed by atoms with Crippen molar-refractivity contribution in [2.24, 2.45) is 0 Å². The SMILES string of the molecule is Cc1cc(-c2ccc(C(F)(F)F)cc2N)oc1C. The standard InChI is InChI=1S/C13H12F3NO/c1-7-5-12(18-8(7)2)10-4-3-9(6-11(10)17)13(14,15)16/h3-6H,17H2,1-2H3. The van der Waals surface area contributed by atoms with Gasteiger partial charge in [-0.3, -0.25) is 0 Å². The first-order valence-corrected chi connectivity index (χ1v) is 5.33. The lowest BCUT2D eigenvalue weighted by Gasteiger charge is -2.09. The van der Waals surface area contributed by atoms with Gasteiger partial charge in [-0.15, -0.1) is 0 Å². The Hall–Kier alpha value is -1.91. The lowest BCUT2D eigenvalue weighted by atomic mass is 10.1. The van der Waals surface area contributed by atoms with E-state index in [-0.39, 0.29) is 5.69 Å². The summed E-state index contributed by atoms with van der Waals surface area (Å²) in [6.07, 6.45) is -4.39. The minimum atomic E-state index is -4.39. The Morgan fingerprint density at radius 3 is 2.22 bits per heavy atom. The summed E-state index contributed by atoms with van der Waals surface area (Å²) in [5.74, 6) is 1.21. The van der Waals surface area contributed by atoms with Crippen LogP contribution < -0.4 is 5.73 Å². The van der Waals surface area contributed by atoms with Gasteiger partial charge in [-0.05, 0) is 43.7 Å². The lowest BCUT2D eigenvalue weighted by Crippen LogP contribution is -2.05. The minimum absolute atomic E-state index is 0.0542. The molecule has 2 N–H and O–H groups in total. The molecule has 0 saturated carbocycles. The summed E-state index contributed by atoms with van der Waals surface area (Å²) >= 11 is 0. The predicted octanol–water partition coefficient (Wildman–Crippen LogP) is 4.16. The molecule has 0 atom stereocenters. The van der Waals surface area contributed by atoms with Crippen LogP contribution in [0.5, 0.6) is 0 Å². The Bertz CT molecular complexity index is 565. The zero-order chi connectivity index (χ0) is 13.5. The predicted molar refractivity (Wildman–Crippen MR) is 63.0 cm³/mol. The highest BCUT2D eigenvalue weighted by Crippen LogP contribution is 2.35. The average molecular weight is 255 g/mol. The van der Waals surface area contributed by atoms with E-state index < -0.39 is 11.7 Å². The zero-order valence-electron chi connectivity index (χ0n) is 9.93. The average Bonchev–Trinajstić information content (AvgIpc) is 2.57. The van der Waals surface area contributed by atoms with Crippen LogP contribution in [0.1, 0.15) is 16.9 Å². The second-order valence-corrected chi connectivity index (χ2v) is 4.15. The molecule has 0 aliphatic heterocycles. The van der Waals surface area contributed by atoms with Crippen LogP contribution in [0.15, 0.2) is 28.7 Å². The molecule has 1 aromatic heterocycles. The fourth-order valence-electron chi connectivity index (χ4n) is 1.67. The third-order valence-electron chi connectivity index (χ3n) is 2.81. The van der Waals surface area contributed by atoms with Gasteiger partial charge in [-0.1, -0.05) is 0 Å². The van der Waals surface area contributed by atoms with Crippen LogP contribution in [0, 0.1) is 13.8 Å². The zero-order valence-corrected chi connectivity index (χ0v) is 9.93. The maximum absolute atomic E-state index is 12.5. The molecule has 5 heteroatoms. The van der Waals surface area contributed by atoms with E-state index in [1.807, 2.05) is 6.92 Å². The van der Waals surface area contributed by atoms with Crippen molar-refractivity contribution in [3.63, 3.8) is 0 Å². The molecule has 18 heavy (non-hydrogen) atoms. The summed E-state index contributed by atoms with van der Waals surface area (Å²) < 4.78 is 42.9. The van der Waals surface area contributed by atoms with Gasteiger partial charge in [0.15, 0.2) is 0 Å². The smallest absolute Gasteiger partial charge is 0.416 e. The Kier molecular flexibility index (Phi) is 2.84. The second kappa shape index (κ2) is 4.08. The highest BCUT2D eigenvalue weighted by Gasteiger charge is 2.31. The summed E-state index contributed by atoms with van der Waals surface area (Å²) in [6.45, 7) is 3.65. The molecular weight excluding hydrogens is 243 g/mol. The van der Waals surface area contributed by atoms with Crippen LogP contribution in [0.2, 0.25) is 0 Å². The van der Waals surface area contributed by atoms with Gasteiger partial charge in [0.05, 0.1) is 5.56 Å². The van der Waals surface area contributed by atoms with E-state index in [9.17, 15) is 13.2 Å². The molecule has 0 saturated heterocycles. The van der Waals surface area contributed by atoms with Crippen molar-refractivity contribution in [3.05, 3.63) is 41.2 Å². The van der Waals surface area contributed by atoms with Crippen LogP contribution >= 0.6 is 0 Å². The fourth-order valence-corrected chi connectivity index (χ4v) is 1.67. The van der Waals surface area contributed by atoms with E-state index in [1.165, 1.54) is 6.07 Å². The number of nitrogens with two attached hydrogens (primary N) is 1. The molecule has 0 amide bonds. The number of benzene rings is 1. The van der Waals surface area contributed by atoms with Gasteiger partial charge in [0.1, 0.15) is 11.5 Å². The van der Waals surface area contributed by atoms with Gasteiger partial charge in [0.25, 0.3) is 0 Å². The third kappa shape index (κ3) is 2.20. The molecule has 0 aliphatic rings. The first-order chi connectivity index (χ1) is 8.29. The Morgan fingerprint density at radius 1 is 1.11 bits per heavy atom. The molecule has 0 aliphatic carbocycles. The summed E-state index contributed by atoms with van der Waals surface area (Å²) in [5, 5.41) is 0. The van der Waals surface area contributed by atoms with Gasteiger partial charge in [0, 0.05) is 11.3 Å². The number of nitrogen functional groups attached to an aromatic ring is 1. The molecule has 0 fully saturated rings. The van der Waals surface area contributed by atoms with Crippen LogP contribution in [-0.2, 0) is 6.18 Å². The molecule has 1 heterocycles. The largest absolute Gasteiger partial charge is 0.461 e. The molecular formula is C13H12F3NO. The van der Waals surface area contributed by atoms with Crippen LogP contribution in [-0.4, -0.2) is 0 Å². The molecule has 2 nitrogen and oxygen atoms in total. The van der Waals surface area contributed by atoms with Gasteiger partial charge in [-0.2, -0.15) is 13.2 Å². The minimum Gasteiger partial charge on any atom is -0.461 e. The number of halogens is 3. The number of alkyl halides is 3. The third-order valence-corrected chi connectivity index (χ3v) is 2.81. The van der Waals surface area contributed by atoms with E-state index in [2.05, 4.69) is 0 Å². The summed E-state index contributed by atoms with van der Waals surface area (Å²) in [5.41, 5.74) is 6.35. The maximum Gasteiger partial charge on any atom is 0.416 e. The van der Waals surface area contributed by atoms with Crippen molar-refractivity contribution in [3.8, 4) is 11.3 Å². The Balaban J connectivity index is 2.48. The topological polar surface area (TPSA) is 39.2 Å².